The summed E-state index contributed by atoms with van der Waals surface area (Å²) < 4.78 is 28.7. The summed E-state index contributed by atoms with van der Waals surface area (Å²) in [6, 6.07) is 3.74. The van der Waals surface area contributed by atoms with Gasteiger partial charge in [-0.2, -0.15) is 17.0 Å². The van der Waals surface area contributed by atoms with E-state index in [1.165, 1.54) is 4.31 Å². The van der Waals surface area contributed by atoms with Crippen LogP contribution in [0.5, 0.6) is 0 Å². The van der Waals surface area contributed by atoms with Crippen LogP contribution < -0.4 is 5.32 Å². The molecule has 118 valence electrons. The van der Waals surface area contributed by atoms with Crippen molar-refractivity contribution in [1.29, 1.82) is 0 Å². The highest BCUT2D eigenvalue weighted by molar-refractivity contribution is 7.86. The van der Waals surface area contributed by atoms with Crippen LogP contribution >= 0.6 is 0 Å². The highest BCUT2D eigenvalue weighted by atomic mass is 32.2. The minimum Gasteiger partial charge on any atom is -0.373 e. The first kappa shape index (κ1) is 16.2. The Bertz CT molecular complexity index is 572. The smallest absolute Gasteiger partial charge is 0.282 e. The minimum absolute atomic E-state index is 0.0919. The lowest BCUT2D eigenvalue weighted by Crippen LogP contribution is -2.43. The first-order valence-electron chi connectivity index (χ1n) is 7.45. The number of pyridine rings is 1. The molecule has 0 aliphatic carbocycles. The fraction of sp³-hybridized carbons (Fsp3) is 0.643. The van der Waals surface area contributed by atoms with Gasteiger partial charge in [0.05, 0.1) is 6.04 Å². The second kappa shape index (κ2) is 6.72. The average Bonchev–Trinajstić information content (AvgIpc) is 2.98. The maximum Gasteiger partial charge on any atom is 0.282 e. The van der Waals surface area contributed by atoms with E-state index in [9.17, 15) is 8.42 Å². The Balaban J connectivity index is 2.32. The van der Waals surface area contributed by atoms with Crippen molar-refractivity contribution in [3.8, 4) is 0 Å². The van der Waals surface area contributed by atoms with Gasteiger partial charge in [-0.05, 0) is 30.5 Å². The Morgan fingerprint density at radius 2 is 2.14 bits per heavy atom. The van der Waals surface area contributed by atoms with E-state index >= 15 is 0 Å². The Labute approximate surface area is 127 Å². The van der Waals surface area contributed by atoms with E-state index in [0.717, 1.165) is 24.2 Å². The second-order valence-electron chi connectivity index (χ2n) is 5.09. The van der Waals surface area contributed by atoms with E-state index in [4.69, 9.17) is 0 Å². The van der Waals surface area contributed by atoms with Crippen molar-refractivity contribution in [2.75, 3.05) is 32.0 Å². The Morgan fingerprint density at radius 1 is 1.43 bits per heavy atom. The topological polar surface area (TPSA) is 65.5 Å². The van der Waals surface area contributed by atoms with Crippen molar-refractivity contribution >= 4 is 16.0 Å². The molecule has 2 rings (SSSR count). The molecule has 1 aliphatic rings. The highest BCUT2D eigenvalue weighted by Crippen LogP contribution is 2.35. The summed E-state index contributed by atoms with van der Waals surface area (Å²) in [5, 5.41) is 3.00. The van der Waals surface area contributed by atoms with Crippen LogP contribution in [0.25, 0.3) is 0 Å². The van der Waals surface area contributed by atoms with Gasteiger partial charge < -0.3 is 5.32 Å². The lowest BCUT2D eigenvalue weighted by molar-refractivity contribution is 0.338. The molecule has 0 radical (unpaired) electrons. The van der Waals surface area contributed by atoms with E-state index in [2.05, 4.69) is 10.3 Å². The van der Waals surface area contributed by atoms with Gasteiger partial charge in [0.2, 0.25) is 0 Å². The van der Waals surface area contributed by atoms with Gasteiger partial charge in [-0.15, -0.1) is 0 Å². The second-order valence-corrected chi connectivity index (χ2v) is 6.97. The zero-order valence-corrected chi connectivity index (χ0v) is 13.7. The van der Waals surface area contributed by atoms with Gasteiger partial charge in [-0.3, -0.25) is 0 Å². The van der Waals surface area contributed by atoms with Gasteiger partial charge in [-0.1, -0.05) is 13.8 Å². The number of hydrogen-bond acceptors (Lipinski definition) is 4. The van der Waals surface area contributed by atoms with E-state index in [1.54, 1.807) is 10.5 Å². The monoisotopic (exact) mass is 312 g/mol. The zero-order valence-electron chi connectivity index (χ0n) is 12.9. The number of hydrogen-bond donors (Lipinski definition) is 1. The summed E-state index contributed by atoms with van der Waals surface area (Å²) in [6.45, 7) is 5.33. The molecule has 0 unspecified atom stereocenters. The first-order valence-corrected chi connectivity index (χ1v) is 8.84. The summed E-state index contributed by atoms with van der Waals surface area (Å²) in [6.07, 6.45) is 3.47. The fourth-order valence-corrected chi connectivity index (χ4v) is 4.70. The number of rotatable bonds is 6. The van der Waals surface area contributed by atoms with Gasteiger partial charge in [-0.25, -0.2) is 4.98 Å². The third-order valence-electron chi connectivity index (χ3n) is 3.96. The van der Waals surface area contributed by atoms with Crippen molar-refractivity contribution in [3.63, 3.8) is 0 Å². The SMILES string of the molecule is CCN(CC)S(=O)(=O)N1CCC[C@H]1c1ccnc(NC)c1. The summed E-state index contributed by atoms with van der Waals surface area (Å²) in [7, 11) is -1.58. The minimum atomic E-state index is -3.39. The molecule has 0 amide bonds. The van der Waals surface area contributed by atoms with E-state index < -0.39 is 10.2 Å². The summed E-state index contributed by atoms with van der Waals surface area (Å²) in [5.74, 6) is 0.764. The average molecular weight is 312 g/mol. The molecule has 0 spiro atoms. The van der Waals surface area contributed by atoms with Crippen LogP contribution in [-0.2, 0) is 10.2 Å². The molecule has 6 nitrogen and oxygen atoms in total. The number of aromatic nitrogens is 1. The molecule has 1 aromatic rings. The third kappa shape index (κ3) is 3.20. The molecule has 0 aromatic carbocycles. The normalized spacial score (nSPS) is 20.1. The molecule has 21 heavy (non-hydrogen) atoms. The van der Waals surface area contributed by atoms with Gasteiger partial charge in [0.25, 0.3) is 10.2 Å². The van der Waals surface area contributed by atoms with Crippen LogP contribution in [0.2, 0.25) is 0 Å². The molecule has 0 bridgehead atoms. The maximum atomic E-state index is 12.8. The van der Waals surface area contributed by atoms with Crippen LogP contribution in [-0.4, -0.2) is 48.7 Å². The summed E-state index contributed by atoms with van der Waals surface area (Å²) in [4.78, 5) is 4.19. The molecule has 1 aliphatic heterocycles. The van der Waals surface area contributed by atoms with Crippen LogP contribution in [0.15, 0.2) is 18.3 Å². The molecule has 7 heteroatoms. The molecule has 2 heterocycles. The molecule has 1 N–H and O–H groups in total. The summed E-state index contributed by atoms with van der Waals surface area (Å²) >= 11 is 0. The predicted molar refractivity (Wildman–Crippen MR) is 84.3 cm³/mol. The van der Waals surface area contributed by atoms with Crippen LogP contribution in [0.1, 0.15) is 38.3 Å². The largest absolute Gasteiger partial charge is 0.373 e. The van der Waals surface area contributed by atoms with Crippen molar-refractivity contribution in [2.45, 2.75) is 32.7 Å². The lowest BCUT2D eigenvalue weighted by Gasteiger charge is -2.30. The van der Waals surface area contributed by atoms with Crippen molar-refractivity contribution in [1.82, 2.24) is 13.6 Å². The van der Waals surface area contributed by atoms with Crippen LogP contribution in [0.3, 0.4) is 0 Å². The van der Waals surface area contributed by atoms with Gasteiger partial charge in [0.15, 0.2) is 0 Å². The molecule has 0 saturated carbocycles. The van der Waals surface area contributed by atoms with Gasteiger partial charge >= 0.3 is 0 Å². The fourth-order valence-electron chi connectivity index (χ4n) is 2.84. The molecular formula is C14H24N4O2S. The molecular weight excluding hydrogens is 288 g/mol. The van der Waals surface area contributed by atoms with Crippen LogP contribution in [0.4, 0.5) is 5.82 Å². The molecule has 1 fully saturated rings. The molecule has 1 atom stereocenters. The van der Waals surface area contributed by atoms with E-state index in [-0.39, 0.29) is 6.04 Å². The Kier molecular flexibility index (Phi) is 5.18. The highest BCUT2D eigenvalue weighted by Gasteiger charge is 2.37. The third-order valence-corrected chi connectivity index (χ3v) is 6.16. The maximum absolute atomic E-state index is 12.8. The van der Waals surface area contributed by atoms with E-state index in [0.29, 0.717) is 19.6 Å². The standard InChI is InChI=1S/C14H24N4O2S/c1-4-17(5-2)21(19,20)18-10-6-7-13(18)12-8-9-16-14(11-12)15-3/h8-9,11,13H,4-7,10H2,1-3H3,(H,15,16)/t13-/m0/s1. The van der Waals surface area contributed by atoms with Crippen molar-refractivity contribution < 1.29 is 8.42 Å². The van der Waals surface area contributed by atoms with Crippen molar-refractivity contribution in [2.24, 2.45) is 0 Å². The zero-order chi connectivity index (χ0) is 15.5. The van der Waals surface area contributed by atoms with E-state index in [1.807, 2.05) is 33.0 Å². The number of nitrogens with zero attached hydrogens (tertiary/aromatic N) is 3. The molecule has 1 aromatic heterocycles. The Hall–Kier alpha value is -1.18. The lowest BCUT2D eigenvalue weighted by atomic mass is 10.1. The Morgan fingerprint density at radius 3 is 2.76 bits per heavy atom. The van der Waals surface area contributed by atoms with Gasteiger partial charge in [0, 0.05) is 32.9 Å². The molecule has 1 saturated heterocycles. The van der Waals surface area contributed by atoms with Gasteiger partial charge in [0.1, 0.15) is 5.82 Å². The van der Waals surface area contributed by atoms with Crippen LogP contribution in [0, 0.1) is 0 Å². The summed E-state index contributed by atoms with van der Waals surface area (Å²) in [5.41, 5.74) is 1.00. The predicted octanol–water partition coefficient (Wildman–Crippen LogP) is 1.85. The number of anilines is 1. The van der Waals surface area contributed by atoms with Crippen molar-refractivity contribution in [3.05, 3.63) is 23.9 Å². The number of nitrogens with one attached hydrogen (secondary N) is 1. The first-order chi connectivity index (χ1) is 10.0. The quantitative estimate of drug-likeness (QED) is 0.870.